The van der Waals surface area contributed by atoms with Crippen molar-refractivity contribution in [3.8, 4) is 0 Å². The van der Waals surface area contributed by atoms with Crippen molar-refractivity contribution in [1.82, 2.24) is 10.2 Å². The van der Waals surface area contributed by atoms with Crippen LogP contribution in [-0.4, -0.2) is 18.2 Å². The van der Waals surface area contributed by atoms with Crippen LogP contribution in [0.15, 0.2) is 0 Å². The highest BCUT2D eigenvalue weighted by atomic mass is 31.1. The van der Waals surface area contributed by atoms with E-state index in [0.29, 0.717) is 17.5 Å². The number of nitrogens with one attached hydrogen (secondary N) is 2. The quantitative estimate of drug-likeness (QED) is 0.692. The summed E-state index contributed by atoms with van der Waals surface area (Å²) in [6.07, 6.45) is 1.22. The molecule has 0 aromatic heterocycles. The molecule has 0 aromatic rings. The van der Waals surface area contributed by atoms with Gasteiger partial charge in [-0.1, -0.05) is 20.8 Å². The van der Waals surface area contributed by atoms with Crippen molar-refractivity contribution in [1.29, 1.82) is 0 Å². The van der Waals surface area contributed by atoms with E-state index >= 15 is 0 Å². The van der Waals surface area contributed by atoms with Gasteiger partial charge in [0.05, 0.1) is 0 Å². The second-order valence-corrected chi connectivity index (χ2v) is 7.40. The first-order valence-electron chi connectivity index (χ1n) is 5.50. The number of rotatable bonds is 5. The van der Waals surface area contributed by atoms with E-state index in [-0.39, 0.29) is 8.22 Å². The van der Waals surface area contributed by atoms with Gasteiger partial charge in [0.25, 0.3) is 0 Å². The van der Waals surface area contributed by atoms with Crippen LogP contribution in [0.25, 0.3) is 0 Å². The molecule has 0 atom stereocenters. The smallest absolute Gasteiger partial charge is 0.0348 e. The summed E-state index contributed by atoms with van der Waals surface area (Å²) < 4.78 is 0. The summed E-state index contributed by atoms with van der Waals surface area (Å²) in [4.78, 5) is 0. The van der Waals surface area contributed by atoms with Gasteiger partial charge in [0, 0.05) is 20.3 Å². The summed E-state index contributed by atoms with van der Waals surface area (Å²) in [7, 11) is -0.228. The molecule has 0 aliphatic heterocycles. The summed E-state index contributed by atoms with van der Waals surface area (Å²) in [6, 6.07) is 1.13. The Hall–Kier alpha value is 0.350. The van der Waals surface area contributed by atoms with Gasteiger partial charge in [-0.15, -0.1) is 0 Å². The maximum atomic E-state index is 3.62. The Morgan fingerprint density at radius 1 is 0.929 bits per heavy atom. The Labute approximate surface area is 91.1 Å². The predicted octanol–water partition coefficient (Wildman–Crippen LogP) is 3.34. The highest BCUT2D eigenvalue weighted by molar-refractivity contribution is 7.53. The van der Waals surface area contributed by atoms with Crippen molar-refractivity contribution in [2.24, 2.45) is 5.41 Å². The molecule has 0 rings (SSSR count). The van der Waals surface area contributed by atoms with Crippen LogP contribution in [-0.2, 0) is 0 Å². The van der Waals surface area contributed by atoms with Crippen LogP contribution < -0.4 is 10.2 Å². The molecule has 0 heterocycles. The van der Waals surface area contributed by atoms with E-state index in [1.807, 2.05) is 0 Å². The average Bonchev–Trinajstić information content (AvgIpc) is 1.77. The lowest BCUT2D eigenvalue weighted by molar-refractivity contribution is 0.471. The predicted molar refractivity (Wildman–Crippen MR) is 67.8 cm³/mol. The molecule has 14 heavy (non-hydrogen) atoms. The molecular weight excluding hydrogens is 191 g/mol. The largest absolute Gasteiger partial charge is 0.281 e. The summed E-state index contributed by atoms with van der Waals surface area (Å²) in [5, 5.41) is 7.24. The molecule has 0 aliphatic rings. The third-order valence-electron chi connectivity index (χ3n) is 1.46. The summed E-state index contributed by atoms with van der Waals surface area (Å²) in [5.41, 5.74) is 0.398. The summed E-state index contributed by atoms with van der Waals surface area (Å²) in [6.45, 7) is 15.7. The molecule has 0 radical (unpaired) electrons. The topological polar surface area (TPSA) is 24.1 Å². The van der Waals surface area contributed by atoms with Crippen LogP contribution in [0, 0.1) is 5.41 Å². The molecule has 0 amide bonds. The minimum Gasteiger partial charge on any atom is -0.281 e. The molecule has 0 saturated carbocycles. The molecule has 0 spiro atoms. The average molecular weight is 218 g/mol. The van der Waals surface area contributed by atoms with Crippen LogP contribution in [0.1, 0.15) is 48.5 Å². The van der Waals surface area contributed by atoms with Gasteiger partial charge in [-0.05, 0) is 39.3 Å². The zero-order valence-corrected chi connectivity index (χ0v) is 11.7. The van der Waals surface area contributed by atoms with Crippen LogP contribution in [0.2, 0.25) is 0 Å². The van der Waals surface area contributed by atoms with Gasteiger partial charge in [0.2, 0.25) is 0 Å². The van der Waals surface area contributed by atoms with Crippen molar-refractivity contribution in [3.63, 3.8) is 0 Å². The number of hydrogen-bond acceptors (Lipinski definition) is 2. The van der Waals surface area contributed by atoms with Crippen LogP contribution in [0.5, 0.6) is 0 Å². The minimum atomic E-state index is -0.228. The third-order valence-corrected chi connectivity index (χ3v) is 4.38. The Morgan fingerprint density at radius 2 is 1.29 bits per heavy atom. The van der Waals surface area contributed by atoms with Crippen LogP contribution in [0.4, 0.5) is 0 Å². The second kappa shape index (κ2) is 6.05. The number of hydrogen-bond donors (Lipinski definition) is 2. The van der Waals surface area contributed by atoms with Gasteiger partial charge >= 0.3 is 0 Å². The van der Waals surface area contributed by atoms with Gasteiger partial charge < -0.3 is 0 Å². The summed E-state index contributed by atoms with van der Waals surface area (Å²) >= 11 is 0. The Bertz CT molecular complexity index is 140. The highest BCUT2D eigenvalue weighted by Crippen LogP contribution is 2.35. The Balaban J connectivity index is 4.11. The Morgan fingerprint density at radius 3 is 1.50 bits per heavy atom. The molecular formula is C11H27N2P. The van der Waals surface area contributed by atoms with E-state index in [9.17, 15) is 0 Å². The molecule has 0 fully saturated rings. The fourth-order valence-corrected chi connectivity index (χ4v) is 3.68. The van der Waals surface area contributed by atoms with Gasteiger partial charge in [-0.2, -0.15) is 0 Å². The lowest BCUT2D eigenvalue weighted by atomic mass is 10.0. The molecule has 86 valence electrons. The first-order valence-corrected chi connectivity index (χ1v) is 7.03. The van der Waals surface area contributed by atoms with Crippen molar-refractivity contribution >= 4 is 8.22 Å². The van der Waals surface area contributed by atoms with Crippen LogP contribution in [0.3, 0.4) is 0 Å². The monoisotopic (exact) mass is 218 g/mol. The van der Waals surface area contributed by atoms with E-state index in [0.717, 1.165) is 0 Å². The molecule has 2 nitrogen and oxygen atoms in total. The fraction of sp³-hybridized carbons (Fsp3) is 1.00. The van der Waals surface area contributed by atoms with Gasteiger partial charge in [-0.3, -0.25) is 10.2 Å². The maximum absolute atomic E-state index is 3.62. The molecule has 2 N–H and O–H groups in total. The molecule has 0 aromatic carbocycles. The van der Waals surface area contributed by atoms with Crippen molar-refractivity contribution in [2.75, 3.05) is 6.16 Å². The van der Waals surface area contributed by atoms with Crippen molar-refractivity contribution < 1.29 is 0 Å². The minimum absolute atomic E-state index is 0.228. The van der Waals surface area contributed by atoms with Gasteiger partial charge in [-0.25, -0.2) is 0 Å². The Kier molecular flexibility index (Phi) is 6.20. The lowest BCUT2D eigenvalue weighted by Gasteiger charge is -2.30. The zero-order chi connectivity index (χ0) is 11.4. The molecule has 0 bridgehead atoms. The maximum Gasteiger partial charge on any atom is 0.0348 e. The summed E-state index contributed by atoms with van der Waals surface area (Å²) in [5.74, 6) is 0. The normalized spacial score (nSPS) is 13.3. The van der Waals surface area contributed by atoms with E-state index in [1.54, 1.807) is 0 Å². The molecule has 3 heteroatoms. The zero-order valence-electron chi connectivity index (χ0n) is 10.8. The fourth-order valence-electron chi connectivity index (χ4n) is 1.23. The molecule has 0 unspecified atom stereocenters. The SMILES string of the molecule is CC(C)NP(CC(C)(C)C)NC(C)C. The molecule has 0 saturated heterocycles. The van der Waals surface area contributed by atoms with Crippen molar-refractivity contribution in [3.05, 3.63) is 0 Å². The van der Waals surface area contributed by atoms with E-state index in [4.69, 9.17) is 0 Å². The van der Waals surface area contributed by atoms with Crippen molar-refractivity contribution in [2.45, 2.75) is 60.5 Å². The van der Waals surface area contributed by atoms with E-state index in [1.165, 1.54) is 6.16 Å². The standard InChI is InChI=1S/C11H27N2P/c1-9(2)12-14(13-10(3)4)8-11(5,6)7/h9-10,12-13H,8H2,1-7H3. The van der Waals surface area contributed by atoms with Gasteiger partial charge in [0.15, 0.2) is 0 Å². The third kappa shape index (κ3) is 8.93. The van der Waals surface area contributed by atoms with E-state index < -0.39 is 0 Å². The highest BCUT2D eigenvalue weighted by Gasteiger charge is 2.19. The first-order chi connectivity index (χ1) is 6.20. The lowest BCUT2D eigenvalue weighted by Crippen LogP contribution is -2.32. The van der Waals surface area contributed by atoms with E-state index in [2.05, 4.69) is 58.6 Å². The molecule has 0 aliphatic carbocycles. The second-order valence-electron chi connectivity index (χ2n) is 5.71. The van der Waals surface area contributed by atoms with Crippen LogP contribution >= 0.6 is 8.22 Å². The van der Waals surface area contributed by atoms with Gasteiger partial charge in [0.1, 0.15) is 0 Å². The first kappa shape index (κ1) is 14.3.